The van der Waals surface area contributed by atoms with Crippen molar-refractivity contribution in [3.05, 3.63) is 39.7 Å². The second-order valence-electron chi connectivity index (χ2n) is 5.54. The zero-order valence-electron chi connectivity index (χ0n) is 12.9. The van der Waals surface area contributed by atoms with Crippen LogP contribution in [0.25, 0.3) is 0 Å². The van der Waals surface area contributed by atoms with E-state index < -0.39 is 44.2 Å². The molecular formula is C14H13ClF2N2O3S2. The molecule has 1 atom stereocenters. The summed E-state index contributed by atoms with van der Waals surface area (Å²) in [5, 5.41) is 0.647. The minimum absolute atomic E-state index is 0.0208. The number of hydrogen-bond acceptors (Lipinski definition) is 5. The zero-order valence-corrected chi connectivity index (χ0v) is 15.3. The summed E-state index contributed by atoms with van der Waals surface area (Å²) in [6.07, 6.45) is -0.980. The molecule has 0 bridgehead atoms. The number of thiazole rings is 1. The lowest BCUT2D eigenvalue weighted by Gasteiger charge is -2.25. The first-order valence-corrected chi connectivity index (χ1v) is 9.01. The predicted molar refractivity (Wildman–Crippen MR) is 88.6 cm³/mol. The number of amides is 1. The highest BCUT2D eigenvalue weighted by Gasteiger charge is 2.32. The molecule has 0 saturated carbocycles. The first-order chi connectivity index (χ1) is 11.1. The Kier molecular flexibility index (Phi) is 5.56. The molecule has 0 aliphatic rings. The first-order valence-electron chi connectivity index (χ1n) is 6.58. The Morgan fingerprint density at radius 3 is 2.58 bits per heavy atom. The van der Waals surface area contributed by atoms with Crippen LogP contribution in [-0.4, -0.2) is 20.9 Å². The molecule has 0 radical (unpaired) electrons. The number of carbonyl (C=O) groups excluding carboxylic acids is 1. The largest absolute Gasteiger partial charge is 0.443 e. The summed E-state index contributed by atoms with van der Waals surface area (Å²) in [4.78, 5) is 15.8. The predicted octanol–water partition coefficient (Wildman–Crippen LogP) is 4.54. The molecule has 1 unspecified atom stereocenters. The second kappa shape index (κ2) is 7.12. The quantitative estimate of drug-likeness (QED) is 0.717. The van der Waals surface area contributed by atoms with Crippen molar-refractivity contribution < 1.29 is 22.5 Å². The third-order valence-electron chi connectivity index (χ3n) is 2.54. The first kappa shape index (κ1) is 18.8. The smallest absolute Gasteiger partial charge is 0.428 e. The summed E-state index contributed by atoms with van der Waals surface area (Å²) in [6, 6.07) is 1.82. The third kappa shape index (κ3) is 4.08. The number of ether oxygens (including phenoxy) is 1. The van der Waals surface area contributed by atoms with Crippen LogP contribution in [0.5, 0.6) is 0 Å². The molecule has 0 aliphatic carbocycles. The van der Waals surface area contributed by atoms with Gasteiger partial charge >= 0.3 is 6.09 Å². The van der Waals surface area contributed by atoms with E-state index in [1.54, 1.807) is 20.8 Å². The molecule has 0 aliphatic heterocycles. The molecule has 0 spiro atoms. The standard InChI is InChI=1S/C14H13ClF2N2O3S2/c1-14(2,3)22-13(20)19(10-6-23-7-18-10)24(21)9-5-4-8(16)11(15)12(9)17/h4-7H,1-3H3. The van der Waals surface area contributed by atoms with Gasteiger partial charge in [-0.25, -0.2) is 22.8 Å². The van der Waals surface area contributed by atoms with E-state index in [-0.39, 0.29) is 5.82 Å². The maximum absolute atomic E-state index is 14.2. The van der Waals surface area contributed by atoms with Gasteiger partial charge < -0.3 is 4.74 Å². The van der Waals surface area contributed by atoms with Crippen molar-refractivity contribution in [2.45, 2.75) is 31.3 Å². The molecular weight excluding hydrogens is 382 g/mol. The summed E-state index contributed by atoms with van der Waals surface area (Å²) in [5.41, 5.74) is 0.548. The highest BCUT2D eigenvalue weighted by molar-refractivity contribution is 7.87. The lowest BCUT2D eigenvalue weighted by Crippen LogP contribution is -2.38. The summed E-state index contributed by atoms with van der Waals surface area (Å²) >= 11 is 6.66. The van der Waals surface area contributed by atoms with E-state index in [1.165, 1.54) is 10.9 Å². The van der Waals surface area contributed by atoms with E-state index in [0.29, 0.717) is 4.31 Å². The topological polar surface area (TPSA) is 59.5 Å². The highest BCUT2D eigenvalue weighted by atomic mass is 35.5. The molecule has 1 aromatic carbocycles. The minimum Gasteiger partial charge on any atom is -0.443 e. The van der Waals surface area contributed by atoms with E-state index in [1.807, 2.05) is 0 Å². The minimum atomic E-state index is -2.37. The average molecular weight is 395 g/mol. The molecule has 0 saturated heterocycles. The molecule has 0 N–H and O–H groups in total. The summed E-state index contributed by atoms with van der Waals surface area (Å²) in [5.74, 6) is -2.18. The Labute approximate surface area is 148 Å². The van der Waals surface area contributed by atoms with Crippen LogP contribution in [0.2, 0.25) is 5.02 Å². The fraction of sp³-hybridized carbons (Fsp3) is 0.286. The summed E-state index contributed by atoms with van der Waals surface area (Å²) in [7, 11) is -2.37. The molecule has 2 rings (SSSR count). The van der Waals surface area contributed by atoms with Crippen molar-refractivity contribution in [2.24, 2.45) is 0 Å². The van der Waals surface area contributed by atoms with Gasteiger partial charge in [-0.1, -0.05) is 11.6 Å². The van der Waals surface area contributed by atoms with Crippen LogP contribution in [-0.2, 0) is 15.7 Å². The van der Waals surface area contributed by atoms with E-state index >= 15 is 0 Å². The van der Waals surface area contributed by atoms with Gasteiger partial charge in [0, 0.05) is 5.38 Å². The monoisotopic (exact) mass is 394 g/mol. The Balaban J connectivity index is 2.47. The van der Waals surface area contributed by atoms with Gasteiger partial charge in [0.05, 0.1) is 10.4 Å². The Hall–Kier alpha value is -1.58. The van der Waals surface area contributed by atoms with Crippen LogP contribution in [0.3, 0.4) is 0 Å². The van der Waals surface area contributed by atoms with Crippen molar-refractivity contribution in [1.29, 1.82) is 0 Å². The number of carbonyl (C=O) groups is 1. The van der Waals surface area contributed by atoms with Gasteiger partial charge in [-0.05, 0) is 32.9 Å². The van der Waals surface area contributed by atoms with Crippen LogP contribution in [0, 0.1) is 11.6 Å². The van der Waals surface area contributed by atoms with E-state index in [0.717, 1.165) is 23.5 Å². The molecule has 5 nitrogen and oxygen atoms in total. The third-order valence-corrected chi connectivity index (χ3v) is 4.82. The lowest BCUT2D eigenvalue weighted by molar-refractivity contribution is 0.0609. The van der Waals surface area contributed by atoms with Crippen LogP contribution in [0.15, 0.2) is 27.9 Å². The fourth-order valence-electron chi connectivity index (χ4n) is 1.60. The van der Waals surface area contributed by atoms with Gasteiger partial charge in [0.1, 0.15) is 16.4 Å². The van der Waals surface area contributed by atoms with Crippen molar-refractivity contribution in [1.82, 2.24) is 4.98 Å². The number of benzene rings is 1. The highest BCUT2D eigenvalue weighted by Crippen LogP contribution is 2.28. The lowest BCUT2D eigenvalue weighted by atomic mass is 10.2. The second-order valence-corrected chi connectivity index (χ2v) is 7.94. The molecule has 1 heterocycles. The molecule has 10 heteroatoms. The van der Waals surface area contributed by atoms with Crippen molar-refractivity contribution >= 4 is 45.8 Å². The van der Waals surface area contributed by atoms with Crippen LogP contribution in [0.4, 0.5) is 19.4 Å². The van der Waals surface area contributed by atoms with Gasteiger partial charge in [0.15, 0.2) is 22.6 Å². The van der Waals surface area contributed by atoms with Gasteiger partial charge in [0.2, 0.25) is 0 Å². The molecule has 2 aromatic rings. The van der Waals surface area contributed by atoms with Gasteiger partial charge in [-0.3, -0.25) is 0 Å². The molecule has 130 valence electrons. The molecule has 24 heavy (non-hydrogen) atoms. The van der Waals surface area contributed by atoms with Gasteiger partial charge in [-0.15, -0.1) is 11.3 Å². The SMILES string of the molecule is CC(C)(C)OC(=O)N(c1cscn1)S(=O)c1ccc(F)c(Cl)c1F. The van der Waals surface area contributed by atoms with Gasteiger partial charge in [-0.2, -0.15) is 4.31 Å². The fourth-order valence-corrected chi connectivity index (χ4v) is 3.48. The molecule has 1 amide bonds. The van der Waals surface area contributed by atoms with Crippen molar-refractivity contribution in [3.63, 3.8) is 0 Å². The van der Waals surface area contributed by atoms with Crippen molar-refractivity contribution in [2.75, 3.05) is 4.31 Å². The Morgan fingerprint density at radius 1 is 1.38 bits per heavy atom. The van der Waals surface area contributed by atoms with Crippen LogP contribution >= 0.6 is 22.9 Å². The summed E-state index contributed by atoms with van der Waals surface area (Å²) < 4.78 is 46.1. The van der Waals surface area contributed by atoms with E-state index in [2.05, 4.69) is 4.98 Å². The Morgan fingerprint density at radius 2 is 2.04 bits per heavy atom. The van der Waals surface area contributed by atoms with Crippen LogP contribution in [0.1, 0.15) is 20.8 Å². The summed E-state index contributed by atoms with van der Waals surface area (Å²) in [6.45, 7) is 4.88. The van der Waals surface area contributed by atoms with E-state index in [9.17, 15) is 17.8 Å². The number of hydrogen-bond donors (Lipinski definition) is 0. The Bertz CT molecular complexity index is 779. The average Bonchev–Trinajstić information content (AvgIpc) is 2.97. The van der Waals surface area contributed by atoms with Gasteiger partial charge in [0.25, 0.3) is 0 Å². The maximum Gasteiger partial charge on any atom is 0.428 e. The molecule has 1 aromatic heterocycles. The van der Waals surface area contributed by atoms with E-state index in [4.69, 9.17) is 16.3 Å². The number of halogens is 3. The maximum atomic E-state index is 14.2. The number of aromatic nitrogens is 1. The number of rotatable bonds is 3. The van der Waals surface area contributed by atoms with Crippen molar-refractivity contribution in [3.8, 4) is 0 Å². The molecule has 0 fully saturated rings. The number of anilines is 1. The number of nitrogens with zero attached hydrogens (tertiary/aromatic N) is 2. The van der Waals surface area contributed by atoms with Crippen LogP contribution < -0.4 is 4.31 Å². The normalized spacial score (nSPS) is 12.8. The zero-order chi connectivity index (χ0) is 18.1.